The first-order valence-electron chi connectivity index (χ1n) is 5.11. The first-order chi connectivity index (χ1) is 6.40. The molecule has 3 nitrogen and oxygen atoms in total. The largest absolute Gasteiger partial charge is 0.330 e. The summed E-state index contributed by atoms with van der Waals surface area (Å²) in [6.07, 6.45) is 1.00. The Hall–Kier alpha value is -0.830. The number of aryl methyl sites for hydroxylation is 2. The molecule has 0 fully saturated rings. The number of aromatic nitrogens is 2. The summed E-state index contributed by atoms with van der Waals surface area (Å²) in [4.78, 5) is 0. The Labute approximate surface area is 86.3 Å². The average molecular weight is 195 g/mol. The topological polar surface area (TPSA) is 43.8 Å². The summed E-state index contributed by atoms with van der Waals surface area (Å²) in [5, 5.41) is 4.43. The SMILES string of the molecule is Cc1nn(C)c(C)c1C(C)(C)CCN. The van der Waals surface area contributed by atoms with Crippen molar-refractivity contribution < 1.29 is 0 Å². The third kappa shape index (κ3) is 1.82. The fourth-order valence-corrected chi connectivity index (χ4v) is 2.24. The number of nitrogens with zero attached hydrogens (tertiary/aromatic N) is 2. The third-order valence-corrected chi connectivity index (χ3v) is 2.96. The zero-order chi connectivity index (χ0) is 10.9. The molecule has 1 aromatic heterocycles. The van der Waals surface area contributed by atoms with Crippen molar-refractivity contribution in [2.75, 3.05) is 6.54 Å². The van der Waals surface area contributed by atoms with E-state index in [1.165, 1.54) is 11.3 Å². The normalized spacial score (nSPS) is 12.1. The van der Waals surface area contributed by atoms with Crippen LogP contribution >= 0.6 is 0 Å². The predicted octanol–water partition coefficient (Wildman–Crippen LogP) is 1.66. The van der Waals surface area contributed by atoms with Crippen LogP contribution in [0.1, 0.15) is 37.2 Å². The van der Waals surface area contributed by atoms with E-state index in [0.29, 0.717) is 0 Å². The maximum atomic E-state index is 5.63. The van der Waals surface area contributed by atoms with Crippen LogP contribution in [0.25, 0.3) is 0 Å². The van der Waals surface area contributed by atoms with Crippen molar-refractivity contribution in [1.82, 2.24) is 9.78 Å². The van der Waals surface area contributed by atoms with Gasteiger partial charge < -0.3 is 5.73 Å². The standard InChI is InChI=1S/C11H21N3/c1-8-10(9(2)14(5)13-8)11(3,4)6-7-12/h6-7,12H2,1-5H3. The highest BCUT2D eigenvalue weighted by atomic mass is 15.3. The monoisotopic (exact) mass is 195 g/mol. The smallest absolute Gasteiger partial charge is 0.0633 e. The molecule has 1 heterocycles. The summed E-state index contributed by atoms with van der Waals surface area (Å²) in [5.74, 6) is 0. The molecule has 0 aliphatic carbocycles. The summed E-state index contributed by atoms with van der Waals surface area (Å²) < 4.78 is 1.95. The van der Waals surface area contributed by atoms with E-state index in [9.17, 15) is 0 Å². The van der Waals surface area contributed by atoms with Crippen LogP contribution in [0.3, 0.4) is 0 Å². The third-order valence-electron chi connectivity index (χ3n) is 2.96. The van der Waals surface area contributed by atoms with Gasteiger partial charge in [-0.3, -0.25) is 4.68 Å². The van der Waals surface area contributed by atoms with Crippen LogP contribution in [0, 0.1) is 13.8 Å². The highest BCUT2D eigenvalue weighted by Crippen LogP contribution is 2.31. The van der Waals surface area contributed by atoms with Crippen molar-refractivity contribution in [2.45, 2.75) is 39.5 Å². The van der Waals surface area contributed by atoms with Crippen LogP contribution in [0.5, 0.6) is 0 Å². The van der Waals surface area contributed by atoms with Crippen LogP contribution in [0.4, 0.5) is 0 Å². The molecule has 0 amide bonds. The van der Waals surface area contributed by atoms with Gasteiger partial charge in [-0.15, -0.1) is 0 Å². The Balaban J connectivity index is 3.17. The van der Waals surface area contributed by atoms with Gasteiger partial charge in [0.25, 0.3) is 0 Å². The fraction of sp³-hybridized carbons (Fsp3) is 0.727. The minimum absolute atomic E-state index is 0.136. The molecule has 0 aliphatic heterocycles. The molecule has 3 heteroatoms. The zero-order valence-electron chi connectivity index (χ0n) is 9.89. The van der Waals surface area contributed by atoms with E-state index in [1.54, 1.807) is 0 Å². The highest BCUT2D eigenvalue weighted by Gasteiger charge is 2.26. The van der Waals surface area contributed by atoms with E-state index < -0.39 is 0 Å². The first kappa shape index (κ1) is 11.2. The van der Waals surface area contributed by atoms with Crippen LogP contribution in [-0.2, 0) is 12.5 Å². The molecule has 1 rings (SSSR count). The minimum atomic E-state index is 0.136. The molecule has 2 N–H and O–H groups in total. The van der Waals surface area contributed by atoms with Crippen LogP contribution in [-0.4, -0.2) is 16.3 Å². The molecule has 1 aromatic rings. The van der Waals surface area contributed by atoms with Crippen LogP contribution < -0.4 is 5.73 Å². The molecule has 0 aromatic carbocycles. The second-order valence-electron chi connectivity index (χ2n) is 4.59. The quantitative estimate of drug-likeness (QED) is 0.797. The molecular formula is C11H21N3. The van der Waals surface area contributed by atoms with Crippen molar-refractivity contribution >= 4 is 0 Å². The van der Waals surface area contributed by atoms with Gasteiger partial charge in [0.05, 0.1) is 5.69 Å². The lowest BCUT2D eigenvalue weighted by atomic mass is 9.80. The molecule has 0 unspecified atom stereocenters. The average Bonchev–Trinajstić information content (AvgIpc) is 2.26. The maximum Gasteiger partial charge on any atom is 0.0633 e. The van der Waals surface area contributed by atoms with Crippen LogP contribution in [0.15, 0.2) is 0 Å². The number of nitrogens with two attached hydrogens (primary N) is 1. The van der Waals surface area contributed by atoms with Gasteiger partial charge in [-0.1, -0.05) is 13.8 Å². The summed E-state index contributed by atoms with van der Waals surface area (Å²) >= 11 is 0. The number of hydrogen-bond acceptors (Lipinski definition) is 2. The summed E-state index contributed by atoms with van der Waals surface area (Å²) in [6, 6.07) is 0. The Morgan fingerprint density at radius 2 is 1.93 bits per heavy atom. The van der Waals surface area contributed by atoms with E-state index in [0.717, 1.165) is 18.7 Å². The van der Waals surface area contributed by atoms with Gasteiger partial charge in [0.2, 0.25) is 0 Å². The molecule has 0 saturated heterocycles. The van der Waals surface area contributed by atoms with Gasteiger partial charge in [-0.2, -0.15) is 5.10 Å². The van der Waals surface area contributed by atoms with E-state index in [1.807, 2.05) is 11.7 Å². The summed E-state index contributed by atoms with van der Waals surface area (Å²) in [7, 11) is 1.99. The minimum Gasteiger partial charge on any atom is -0.330 e. The van der Waals surface area contributed by atoms with E-state index in [2.05, 4.69) is 32.8 Å². The molecule has 14 heavy (non-hydrogen) atoms. The molecule has 0 radical (unpaired) electrons. The maximum absolute atomic E-state index is 5.63. The van der Waals surface area contributed by atoms with Gasteiger partial charge in [0.15, 0.2) is 0 Å². The summed E-state index contributed by atoms with van der Waals surface area (Å²) in [6.45, 7) is 9.38. The van der Waals surface area contributed by atoms with E-state index >= 15 is 0 Å². The Morgan fingerprint density at radius 1 is 1.36 bits per heavy atom. The lowest BCUT2D eigenvalue weighted by Gasteiger charge is -2.24. The Morgan fingerprint density at radius 3 is 2.29 bits per heavy atom. The second-order valence-corrected chi connectivity index (χ2v) is 4.59. The lowest BCUT2D eigenvalue weighted by molar-refractivity contribution is 0.481. The molecule has 0 spiro atoms. The molecule has 0 saturated carbocycles. The molecular weight excluding hydrogens is 174 g/mol. The summed E-state index contributed by atoms with van der Waals surface area (Å²) in [5.41, 5.74) is 9.50. The first-order valence-corrected chi connectivity index (χ1v) is 5.11. The zero-order valence-corrected chi connectivity index (χ0v) is 9.89. The van der Waals surface area contributed by atoms with Gasteiger partial charge in [0.1, 0.15) is 0 Å². The van der Waals surface area contributed by atoms with E-state index in [4.69, 9.17) is 5.73 Å². The Kier molecular flexibility index (Phi) is 3.00. The molecule has 0 bridgehead atoms. The van der Waals surface area contributed by atoms with Gasteiger partial charge in [-0.05, 0) is 32.2 Å². The van der Waals surface area contributed by atoms with Crippen molar-refractivity contribution in [2.24, 2.45) is 12.8 Å². The van der Waals surface area contributed by atoms with Crippen molar-refractivity contribution in [3.05, 3.63) is 17.0 Å². The second kappa shape index (κ2) is 3.73. The van der Waals surface area contributed by atoms with Crippen molar-refractivity contribution in [3.63, 3.8) is 0 Å². The molecule has 80 valence electrons. The van der Waals surface area contributed by atoms with Crippen molar-refractivity contribution in [3.8, 4) is 0 Å². The predicted molar refractivity (Wildman–Crippen MR) is 59.4 cm³/mol. The molecule has 0 atom stereocenters. The van der Waals surface area contributed by atoms with Crippen molar-refractivity contribution in [1.29, 1.82) is 0 Å². The number of hydrogen-bond donors (Lipinski definition) is 1. The fourth-order valence-electron chi connectivity index (χ4n) is 2.24. The van der Waals surface area contributed by atoms with Gasteiger partial charge in [-0.25, -0.2) is 0 Å². The van der Waals surface area contributed by atoms with Gasteiger partial charge >= 0.3 is 0 Å². The highest BCUT2D eigenvalue weighted by molar-refractivity contribution is 5.32. The van der Waals surface area contributed by atoms with Gasteiger partial charge in [0, 0.05) is 18.3 Å². The number of rotatable bonds is 3. The van der Waals surface area contributed by atoms with E-state index in [-0.39, 0.29) is 5.41 Å². The molecule has 0 aliphatic rings. The Bertz CT molecular complexity index is 324. The van der Waals surface area contributed by atoms with Crippen LogP contribution in [0.2, 0.25) is 0 Å². The lowest BCUT2D eigenvalue weighted by Crippen LogP contribution is -2.23.